The lowest BCUT2D eigenvalue weighted by atomic mass is 10.2. The first kappa shape index (κ1) is 15.6. The summed E-state index contributed by atoms with van der Waals surface area (Å²) in [4.78, 5) is 0. The SMILES string of the molecule is CCC[C@H](C)NC(=S)Nc1ccc(OC)c(OC)c1. The van der Waals surface area contributed by atoms with E-state index in [9.17, 15) is 0 Å². The van der Waals surface area contributed by atoms with Crippen LogP contribution in [0.25, 0.3) is 0 Å². The fraction of sp³-hybridized carbons (Fsp3) is 0.500. The molecule has 0 radical (unpaired) electrons. The molecule has 0 aliphatic heterocycles. The molecule has 0 aromatic heterocycles. The van der Waals surface area contributed by atoms with Gasteiger partial charge in [0.05, 0.1) is 14.2 Å². The maximum Gasteiger partial charge on any atom is 0.170 e. The van der Waals surface area contributed by atoms with Crippen molar-refractivity contribution in [2.24, 2.45) is 0 Å². The van der Waals surface area contributed by atoms with Crippen LogP contribution >= 0.6 is 12.2 Å². The number of thiocarbonyl (C=S) groups is 1. The molecule has 1 aromatic rings. The number of benzene rings is 1. The van der Waals surface area contributed by atoms with E-state index in [0.29, 0.717) is 22.7 Å². The maximum absolute atomic E-state index is 5.27. The summed E-state index contributed by atoms with van der Waals surface area (Å²) in [6.45, 7) is 4.27. The Balaban J connectivity index is 2.64. The third-order valence-electron chi connectivity index (χ3n) is 2.74. The van der Waals surface area contributed by atoms with Crippen molar-refractivity contribution in [3.8, 4) is 11.5 Å². The predicted molar refractivity (Wildman–Crippen MR) is 83.3 cm³/mol. The molecule has 0 saturated carbocycles. The molecule has 2 N–H and O–H groups in total. The Bertz CT molecular complexity index is 424. The summed E-state index contributed by atoms with van der Waals surface area (Å²) in [6.07, 6.45) is 2.22. The molecule has 0 saturated heterocycles. The summed E-state index contributed by atoms with van der Waals surface area (Å²) < 4.78 is 10.4. The van der Waals surface area contributed by atoms with Gasteiger partial charge >= 0.3 is 0 Å². The molecule has 1 atom stereocenters. The summed E-state index contributed by atoms with van der Waals surface area (Å²) in [5.41, 5.74) is 0.874. The van der Waals surface area contributed by atoms with Crippen LogP contribution in [0.3, 0.4) is 0 Å². The molecule has 0 aliphatic rings. The van der Waals surface area contributed by atoms with Crippen LogP contribution in [0.1, 0.15) is 26.7 Å². The van der Waals surface area contributed by atoms with Crippen LogP contribution < -0.4 is 20.1 Å². The van der Waals surface area contributed by atoms with Gasteiger partial charge in [0.15, 0.2) is 16.6 Å². The van der Waals surface area contributed by atoms with E-state index in [2.05, 4.69) is 24.5 Å². The Hall–Kier alpha value is -1.49. The van der Waals surface area contributed by atoms with Crippen molar-refractivity contribution in [1.29, 1.82) is 0 Å². The summed E-state index contributed by atoms with van der Waals surface area (Å²) >= 11 is 5.27. The van der Waals surface area contributed by atoms with Gasteiger partial charge in [-0.3, -0.25) is 0 Å². The number of nitrogens with one attached hydrogen (secondary N) is 2. The van der Waals surface area contributed by atoms with Gasteiger partial charge in [0.1, 0.15) is 0 Å². The van der Waals surface area contributed by atoms with Gasteiger partial charge in [-0.2, -0.15) is 0 Å². The Kier molecular flexibility index (Phi) is 6.42. The highest BCUT2D eigenvalue weighted by atomic mass is 32.1. The first-order valence-electron chi connectivity index (χ1n) is 6.40. The van der Waals surface area contributed by atoms with E-state index in [4.69, 9.17) is 21.7 Å². The molecule has 1 rings (SSSR count). The van der Waals surface area contributed by atoms with Crippen LogP contribution in [0.5, 0.6) is 11.5 Å². The van der Waals surface area contributed by atoms with E-state index in [1.807, 2.05) is 18.2 Å². The summed E-state index contributed by atoms with van der Waals surface area (Å²) in [5, 5.41) is 7.00. The Morgan fingerprint density at radius 2 is 1.95 bits per heavy atom. The fourth-order valence-electron chi connectivity index (χ4n) is 1.81. The van der Waals surface area contributed by atoms with Gasteiger partial charge in [-0.1, -0.05) is 13.3 Å². The first-order valence-corrected chi connectivity index (χ1v) is 6.81. The topological polar surface area (TPSA) is 42.5 Å². The molecule has 4 nitrogen and oxygen atoms in total. The second kappa shape index (κ2) is 7.84. The lowest BCUT2D eigenvalue weighted by Gasteiger charge is -2.17. The lowest BCUT2D eigenvalue weighted by molar-refractivity contribution is 0.355. The molecule has 0 aliphatic carbocycles. The second-order valence-corrected chi connectivity index (χ2v) is 4.77. The average molecular weight is 282 g/mol. The predicted octanol–water partition coefficient (Wildman–Crippen LogP) is 3.18. The Morgan fingerprint density at radius 1 is 1.26 bits per heavy atom. The molecular weight excluding hydrogens is 260 g/mol. The van der Waals surface area contributed by atoms with Crippen molar-refractivity contribution in [2.75, 3.05) is 19.5 Å². The van der Waals surface area contributed by atoms with E-state index in [-0.39, 0.29) is 0 Å². The van der Waals surface area contributed by atoms with Crippen LogP contribution in [0.4, 0.5) is 5.69 Å². The van der Waals surface area contributed by atoms with Crippen LogP contribution in [-0.2, 0) is 0 Å². The van der Waals surface area contributed by atoms with Gasteiger partial charge in [0.2, 0.25) is 0 Å². The van der Waals surface area contributed by atoms with Gasteiger partial charge < -0.3 is 20.1 Å². The molecule has 0 bridgehead atoms. The Labute approximate surface area is 120 Å². The monoisotopic (exact) mass is 282 g/mol. The number of ether oxygens (including phenoxy) is 2. The molecule has 5 heteroatoms. The molecule has 0 unspecified atom stereocenters. The minimum atomic E-state index is 0.366. The van der Waals surface area contributed by atoms with Gasteiger partial charge in [0.25, 0.3) is 0 Å². The minimum absolute atomic E-state index is 0.366. The third kappa shape index (κ3) is 4.95. The summed E-state index contributed by atoms with van der Waals surface area (Å²) in [5.74, 6) is 1.38. The van der Waals surface area contributed by atoms with Crippen LogP contribution in [0, 0.1) is 0 Å². The molecule has 106 valence electrons. The van der Waals surface area contributed by atoms with Crippen molar-refractivity contribution in [2.45, 2.75) is 32.7 Å². The van der Waals surface area contributed by atoms with E-state index < -0.39 is 0 Å². The number of hydrogen-bond acceptors (Lipinski definition) is 3. The van der Waals surface area contributed by atoms with Crippen molar-refractivity contribution < 1.29 is 9.47 Å². The third-order valence-corrected chi connectivity index (χ3v) is 2.96. The standard InChI is InChI=1S/C14H22N2O2S/c1-5-6-10(2)15-14(19)16-11-7-8-12(17-3)13(9-11)18-4/h7-10H,5-6H2,1-4H3,(H2,15,16,19)/t10-/m0/s1. The average Bonchev–Trinajstić information content (AvgIpc) is 2.38. The molecular formula is C14H22N2O2S. The number of methoxy groups -OCH3 is 2. The number of hydrogen-bond donors (Lipinski definition) is 2. The largest absolute Gasteiger partial charge is 0.493 e. The van der Waals surface area contributed by atoms with E-state index >= 15 is 0 Å². The van der Waals surface area contributed by atoms with E-state index in [1.54, 1.807) is 14.2 Å². The zero-order valence-corrected chi connectivity index (χ0v) is 12.8. The fourth-order valence-corrected chi connectivity index (χ4v) is 2.13. The highest BCUT2D eigenvalue weighted by Crippen LogP contribution is 2.29. The van der Waals surface area contributed by atoms with Crippen LogP contribution in [-0.4, -0.2) is 25.4 Å². The van der Waals surface area contributed by atoms with Crippen molar-refractivity contribution in [3.05, 3.63) is 18.2 Å². The minimum Gasteiger partial charge on any atom is -0.493 e. The zero-order chi connectivity index (χ0) is 14.3. The van der Waals surface area contributed by atoms with Crippen LogP contribution in [0.2, 0.25) is 0 Å². The van der Waals surface area contributed by atoms with Crippen molar-refractivity contribution in [3.63, 3.8) is 0 Å². The number of rotatable bonds is 6. The van der Waals surface area contributed by atoms with Crippen molar-refractivity contribution in [1.82, 2.24) is 5.32 Å². The molecule has 0 heterocycles. The Morgan fingerprint density at radius 3 is 2.53 bits per heavy atom. The molecule has 0 amide bonds. The quantitative estimate of drug-likeness (QED) is 0.784. The van der Waals surface area contributed by atoms with E-state index in [1.165, 1.54) is 0 Å². The van der Waals surface area contributed by atoms with Gasteiger partial charge in [-0.15, -0.1) is 0 Å². The molecule has 0 fully saturated rings. The highest BCUT2D eigenvalue weighted by molar-refractivity contribution is 7.80. The maximum atomic E-state index is 5.27. The van der Waals surface area contributed by atoms with Gasteiger partial charge in [-0.05, 0) is 37.7 Å². The first-order chi connectivity index (χ1) is 9.10. The molecule has 0 spiro atoms. The molecule has 19 heavy (non-hydrogen) atoms. The molecule has 1 aromatic carbocycles. The highest BCUT2D eigenvalue weighted by Gasteiger charge is 2.07. The van der Waals surface area contributed by atoms with E-state index in [0.717, 1.165) is 18.5 Å². The zero-order valence-electron chi connectivity index (χ0n) is 11.9. The van der Waals surface area contributed by atoms with Crippen LogP contribution in [0.15, 0.2) is 18.2 Å². The summed E-state index contributed by atoms with van der Waals surface area (Å²) in [6, 6.07) is 5.97. The van der Waals surface area contributed by atoms with Gasteiger partial charge in [-0.25, -0.2) is 0 Å². The number of anilines is 1. The second-order valence-electron chi connectivity index (χ2n) is 4.36. The van der Waals surface area contributed by atoms with Crippen molar-refractivity contribution >= 4 is 23.0 Å². The van der Waals surface area contributed by atoms with Gasteiger partial charge in [0, 0.05) is 17.8 Å². The summed E-state index contributed by atoms with van der Waals surface area (Å²) in [7, 11) is 3.23. The lowest BCUT2D eigenvalue weighted by Crippen LogP contribution is -2.35. The normalized spacial score (nSPS) is 11.6. The smallest absolute Gasteiger partial charge is 0.170 e.